The first-order chi connectivity index (χ1) is 14.1. The smallest absolute Gasteiger partial charge is 0.415 e. The van der Waals surface area contributed by atoms with Crippen molar-refractivity contribution < 1.29 is 9.53 Å². The minimum absolute atomic E-state index is 0.0214. The molecule has 1 amide bonds. The molecule has 7 heteroatoms. The summed E-state index contributed by atoms with van der Waals surface area (Å²) in [4.78, 5) is 22.7. The van der Waals surface area contributed by atoms with Gasteiger partial charge in [0, 0.05) is 18.3 Å². The number of aromatic nitrogens is 2. The van der Waals surface area contributed by atoms with E-state index in [0.717, 1.165) is 12.1 Å². The molecule has 0 saturated carbocycles. The van der Waals surface area contributed by atoms with Crippen molar-refractivity contribution in [2.24, 2.45) is 5.92 Å². The maximum Gasteiger partial charge on any atom is 0.415 e. The van der Waals surface area contributed by atoms with Crippen LogP contribution in [0, 0.1) is 5.92 Å². The Kier molecular flexibility index (Phi) is 6.61. The van der Waals surface area contributed by atoms with Gasteiger partial charge in [-0.1, -0.05) is 38.1 Å². The largest absolute Gasteiger partial charge is 0.447 e. The molecule has 3 rings (SSSR count). The molecule has 7 nitrogen and oxygen atoms in total. The Morgan fingerprint density at radius 3 is 2.50 bits per heavy atom. The number of hydrogen-bond acceptors (Lipinski definition) is 6. The molecule has 1 saturated heterocycles. The second kappa shape index (κ2) is 9.00. The number of hydrogen-bond donors (Lipinski definition) is 2. The van der Waals surface area contributed by atoms with E-state index in [0.29, 0.717) is 18.4 Å². The highest BCUT2D eigenvalue weighted by Gasteiger charge is 2.37. The lowest BCUT2D eigenvalue weighted by molar-refractivity contribution is 0.177. The average molecular weight is 412 g/mol. The summed E-state index contributed by atoms with van der Waals surface area (Å²) in [7, 11) is 0. The molecular weight excluding hydrogens is 378 g/mol. The van der Waals surface area contributed by atoms with Gasteiger partial charge in [-0.3, -0.25) is 4.90 Å². The van der Waals surface area contributed by atoms with Crippen molar-refractivity contribution in [2.45, 2.75) is 65.7 Å². The number of carbonyl (C=O) groups excluding carboxylic acids is 1. The van der Waals surface area contributed by atoms with Gasteiger partial charge in [-0.15, -0.1) is 0 Å². The lowest BCUT2D eigenvalue weighted by atomic mass is 10.0. The van der Waals surface area contributed by atoms with E-state index in [1.807, 2.05) is 0 Å². The van der Waals surface area contributed by atoms with Gasteiger partial charge in [-0.25, -0.2) is 9.78 Å². The molecule has 2 unspecified atom stereocenters. The molecule has 1 aromatic carbocycles. The number of carbonyl (C=O) groups is 1. The predicted octanol–water partition coefficient (Wildman–Crippen LogP) is 4.52. The zero-order chi connectivity index (χ0) is 21.9. The van der Waals surface area contributed by atoms with Gasteiger partial charge in [0.2, 0.25) is 5.95 Å². The van der Waals surface area contributed by atoms with Crippen molar-refractivity contribution in [3.63, 3.8) is 0 Å². The third-order valence-electron chi connectivity index (χ3n) is 5.21. The van der Waals surface area contributed by atoms with E-state index in [1.165, 1.54) is 5.56 Å². The van der Waals surface area contributed by atoms with Gasteiger partial charge in [-0.05, 0) is 50.8 Å². The van der Waals surface area contributed by atoms with E-state index < -0.39 is 0 Å². The van der Waals surface area contributed by atoms with Gasteiger partial charge in [0.15, 0.2) is 0 Å². The van der Waals surface area contributed by atoms with E-state index in [-0.39, 0.29) is 29.6 Å². The zero-order valence-electron chi connectivity index (χ0n) is 18.8. The first-order valence-corrected chi connectivity index (χ1v) is 10.5. The van der Waals surface area contributed by atoms with Crippen LogP contribution < -0.4 is 15.5 Å². The molecule has 1 aliphatic heterocycles. The fourth-order valence-electron chi connectivity index (χ4n) is 3.31. The second-order valence-corrected chi connectivity index (χ2v) is 9.21. The minimum atomic E-state index is -0.356. The number of rotatable bonds is 7. The number of ether oxygens (including phenoxy) is 1. The van der Waals surface area contributed by atoms with Crippen molar-refractivity contribution in [3.05, 3.63) is 47.7 Å². The summed E-state index contributed by atoms with van der Waals surface area (Å²) in [6, 6.07) is 10.3. The third kappa shape index (κ3) is 5.48. The van der Waals surface area contributed by atoms with Gasteiger partial charge in [0.25, 0.3) is 0 Å². The highest BCUT2D eigenvalue weighted by Crippen LogP contribution is 2.26. The van der Waals surface area contributed by atoms with Gasteiger partial charge in [0.05, 0.1) is 12.1 Å². The predicted molar refractivity (Wildman–Crippen MR) is 120 cm³/mol. The number of benzene rings is 1. The first kappa shape index (κ1) is 22.0. The molecule has 2 N–H and O–H groups in total. The number of cyclic esters (lactones) is 1. The van der Waals surface area contributed by atoms with Crippen molar-refractivity contribution in [2.75, 3.05) is 16.8 Å². The van der Waals surface area contributed by atoms with Crippen LogP contribution in [0.15, 0.2) is 36.5 Å². The highest BCUT2D eigenvalue weighted by molar-refractivity contribution is 5.89. The Bertz CT molecular complexity index is 861. The summed E-state index contributed by atoms with van der Waals surface area (Å²) in [5, 5.41) is 6.84. The number of nitrogens with one attached hydrogen (secondary N) is 2. The monoisotopic (exact) mass is 411 g/mol. The normalized spacial score (nSPS) is 17.9. The topological polar surface area (TPSA) is 79.4 Å². The lowest BCUT2D eigenvalue weighted by Crippen LogP contribution is -2.37. The molecular formula is C23H33N5O2. The van der Waals surface area contributed by atoms with Gasteiger partial charge < -0.3 is 15.4 Å². The van der Waals surface area contributed by atoms with Crippen molar-refractivity contribution >= 4 is 17.9 Å². The van der Waals surface area contributed by atoms with Crippen molar-refractivity contribution in [1.29, 1.82) is 0 Å². The number of anilines is 2. The van der Waals surface area contributed by atoms with E-state index >= 15 is 0 Å². The quantitative estimate of drug-likeness (QED) is 0.697. The molecule has 0 aliphatic carbocycles. The molecule has 1 aromatic heterocycles. The first-order valence-electron chi connectivity index (χ1n) is 10.5. The SMILES string of the molecule is CC(Nc1nccc(N2C(=O)OCC2C(C)C)n1)c1ccc(CNC(C)(C)C)cc1. The summed E-state index contributed by atoms with van der Waals surface area (Å²) in [6.45, 7) is 13.9. The van der Waals surface area contributed by atoms with Crippen LogP contribution in [0.4, 0.5) is 16.6 Å². The third-order valence-corrected chi connectivity index (χ3v) is 5.21. The number of amides is 1. The van der Waals surface area contributed by atoms with Crippen LogP contribution in [0.1, 0.15) is 58.7 Å². The Labute approximate surface area is 179 Å². The fourth-order valence-corrected chi connectivity index (χ4v) is 3.31. The Hall–Kier alpha value is -2.67. The standard InChI is InChI=1S/C23H33N5O2/c1-15(2)19-14-30-22(29)28(19)20-11-12-24-21(27-20)26-16(3)18-9-7-17(8-10-18)13-25-23(4,5)6/h7-12,15-16,19,25H,13-14H2,1-6H3,(H,24,26,27). The Morgan fingerprint density at radius 2 is 1.87 bits per heavy atom. The molecule has 1 aliphatic rings. The molecule has 1 fully saturated rings. The van der Waals surface area contributed by atoms with Gasteiger partial charge in [-0.2, -0.15) is 4.98 Å². The highest BCUT2D eigenvalue weighted by atomic mass is 16.6. The molecule has 30 heavy (non-hydrogen) atoms. The summed E-state index contributed by atoms with van der Waals surface area (Å²) < 4.78 is 5.24. The van der Waals surface area contributed by atoms with Gasteiger partial charge in [0.1, 0.15) is 12.4 Å². The van der Waals surface area contributed by atoms with Crippen LogP contribution in [0.25, 0.3) is 0 Å². The number of nitrogens with zero attached hydrogens (tertiary/aromatic N) is 3. The van der Waals surface area contributed by atoms with Crippen molar-refractivity contribution in [3.8, 4) is 0 Å². The molecule has 2 aromatic rings. The van der Waals surface area contributed by atoms with Crippen molar-refractivity contribution in [1.82, 2.24) is 15.3 Å². The maximum absolute atomic E-state index is 12.2. The summed E-state index contributed by atoms with van der Waals surface area (Å²) >= 11 is 0. The molecule has 0 radical (unpaired) electrons. The summed E-state index contributed by atoms with van der Waals surface area (Å²) in [5.41, 5.74) is 2.47. The fraction of sp³-hybridized carbons (Fsp3) is 0.522. The second-order valence-electron chi connectivity index (χ2n) is 9.21. The van der Waals surface area contributed by atoms with Crippen LogP contribution in [0.3, 0.4) is 0 Å². The van der Waals surface area contributed by atoms with E-state index in [4.69, 9.17) is 4.74 Å². The average Bonchev–Trinajstić information content (AvgIpc) is 3.08. The van der Waals surface area contributed by atoms with Gasteiger partial charge >= 0.3 is 6.09 Å². The van der Waals surface area contributed by atoms with Crippen LogP contribution in [0.5, 0.6) is 0 Å². The van der Waals surface area contributed by atoms with E-state index in [9.17, 15) is 4.79 Å². The van der Waals surface area contributed by atoms with Crippen LogP contribution >= 0.6 is 0 Å². The summed E-state index contributed by atoms with van der Waals surface area (Å²) in [6.07, 6.45) is 1.31. The minimum Gasteiger partial charge on any atom is -0.447 e. The van der Waals surface area contributed by atoms with E-state index in [1.54, 1.807) is 17.2 Å². The maximum atomic E-state index is 12.2. The molecule has 0 spiro atoms. The molecule has 2 heterocycles. The van der Waals surface area contributed by atoms with Crippen LogP contribution in [-0.2, 0) is 11.3 Å². The van der Waals surface area contributed by atoms with Crippen LogP contribution in [-0.4, -0.2) is 34.2 Å². The Morgan fingerprint density at radius 1 is 1.17 bits per heavy atom. The molecule has 2 atom stereocenters. The molecule has 162 valence electrons. The molecule has 0 bridgehead atoms. The van der Waals surface area contributed by atoms with Crippen LogP contribution in [0.2, 0.25) is 0 Å². The zero-order valence-corrected chi connectivity index (χ0v) is 18.8. The van der Waals surface area contributed by atoms with E-state index in [2.05, 4.69) is 86.4 Å². The summed E-state index contributed by atoms with van der Waals surface area (Å²) in [5.74, 6) is 1.32. The lowest BCUT2D eigenvalue weighted by Gasteiger charge is -2.24. The Balaban J connectivity index is 1.68.